The predicted octanol–water partition coefficient (Wildman–Crippen LogP) is 3.47. The van der Waals surface area contributed by atoms with Gasteiger partial charge in [-0.05, 0) is 37.0 Å². The van der Waals surface area contributed by atoms with Gasteiger partial charge in [-0.3, -0.25) is 0 Å². The third-order valence-corrected chi connectivity index (χ3v) is 5.23. The van der Waals surface area contributed by atoms with Crippen LogP contribution in [0.4, 0.5) is 0 Å². The van der Waals surface area contributed by atoms with E-state index in [4.69, 9.17) is 6.42 Å². The first-order valence-corrected chi connectivity index (χ1v) is 9.06. The molecule has 1 unspecified atom stereocenters. The van der Waals surface area contributed by atoms with Crippen LogP contribution >= 0.6 is 0 Å². The summed E-state index contributed by atoms with van der Waals surface area (Å²) in [6.45, 7) is 2.28. The zero-order valence-electron chi connectivity index (χ0n) is 13.2. The zero-order chi connectivity index (χ0) is 16.7. The molecule has 0 saturated heterocycles. The standard InChI is InChI=1S/C19H21NO2S/c1-3-7-17(18-8-5-4-6-9-18)14-15-20-23(21,22)19-12-10-16(2)11-13-19/h1,4-6,8-13,17,20H,7,14-15H2,2H3. The van der Waals surface area contributed by atoms with Crippen molar-refractivity contribution < 1.29 is 8.42 Å². The van der Waals surface area contributed by atoms with Gasteiger partial charge in [0.15, 0.2) is 0 Å². The van der Waals surface area contributed by atoms with Gasteiger partial charge in [-0.1, -0.05) is 48.0 Å². The molecule has 0 aliphatic rings. The Hall–Kier alpha value is -2.09. The van der Waals surface area contributed by atoms with Crippen molar-refractivity contribution in [2.24, 2.45) is 0 Å². The summed E-state index contributed by atoms with van der Waals surface area (Å²) in [7, 11) is -3.47. The second-order valence-electron chi connectivity index (χ2n) is 5.52. The number of nitrogens with one attached hydrogen (secondary N) is 1. The van der Waals surface area contributed by atoms with Gasteiger partial charge in [-0.25, -0.2) is 13.1 Å². The highest BCUT2D eigenvalue weighted by molar-refractivity contribution is 7.89. The minimum Gasteiger partial charge on any atom is -0.211 e. The first-order valence-electron chi connectivity index (χ1n) is 7.57. The number of hydrogen-bond acceptors (Lipinski definition) is 2. The van der Waals surface area contributed by atoms with Crippen LogP contribution in [0.3, 0.4) is 0 Å². The molecule has 3 nitrogen and oxygen atoms in total. The molecule has 0 radical (unpaired) electrons. The smallest absolute Gasteiger partial charge is 0.211 e. The van der Waals surface area contributed by atoms with E-state index >= 15 is 0 Å². The molecule has 4 heteroatoms. The van der Waals surface area contributed by atoms with E-state index in [9.17, 15) is 8.42 Å². The van der Waals surface area contributed by atoms with Crippen molar-refractivity contribution in [2.45, 2.75) is 30.6 Å². The van der Waals surface area contributed by atoms with Crippen LogP contribution in [-0.2, 0) is 10.0 Å². The largest absolute Gasteiger partial charge is 0.240 e. The lowest BCUT2D eigenvalue weighted by Gasteiger charge is -2.15. The molecule has 1 N–H and O–H groups in total. The van der Waals surface area contributed by atoms with E-state index < -0.39 is 10.0 Å². The van der Waals surface area contributed by atoms with Crippen LogP contribution < -0.4 is 4.72 Å². The lowest BCUT2D eigenvalue weighted by Crippen LogP contribution is -2.26. The number of sulfonamides is 1. The Morgan fingerprint density at radius 2 is 1.74 bits per heavy atom. The number of benzene rings is 2. The van der Waals surface area contributed by atoms with E-state index in [2.05, 4.69) is 10.6 Å². The van der Waals surface area contributed by atoms with Gasteiger partial charge in [0.05, 0.1) is 4.90 Å². The summed E-state index contributed by atoms with van der Waals surface area (Å²) in [4.78, 5) is 0.288. The van der Waals surface area contributed by atoms with Crippen molar-refractivity contribution in [1.29, 1.82) is 0 Å². The minimum absolute atomic E-state index is 0.155. The molecule has 23 heavy (non-hydrogen) atoms. The minimum atomic E-state index is -3.47. The predicted molar refractivity (Wildman–Crippen MR) is 93.6 cm³/mol. The fourth-order valence-corrected chi connectivity index (χ4v) is 3.47. The van der Waals surface area contributed by atoms with E-state index in [1.165, 1.54) is 0 Å². The summed E-state index contributed by atoms with van der Waals surface area (Å²) in [5, 5.41) is 0. The molecule has 0 aliphatic heterocycles. The molecule has 0 heterocycles. The Kier molecular flexibility index (Phi) is 5.97. The summed E-state index contributed by atoms with van der Waals surface area (Å²) < 4.78 is 27.2. The zero-order valence-corrected chi connectivity index (χ0v) is 14.0. The normalized spacial score (nSPS) is 12.5. The summed E-state index contributed by atoms with van der Waals surface area (Å²) in [5.74, 6) is 2.83. The molecule has 120 valence electrons. The average Bonchev–Trinajstić information content (AvgIpc) is 2.55. The van der Waals surface area contributed by atoms with Crippen LogP contribution in [0.25, 0.3) is 0 Å². The molecule has 2 aromatic rings. The first-order chi connectivity index (χ1) is 11.0. The number of aryl methyl sites for hydroxylation is 1. The fourth-order valence-electron chi connectivity index (χ4n) is 2.42. The van der Waals surface area contributed by atoms with Crippen molar-refractivity contribution in [3.05, 3.63) is 65.7 Å². The summed E-state index contributed by atoms with van der Waals surface area (Å²) in [6, 6.07) is 16.8. The van der Waals surface area contributed by atoms with E-state index in [0.29, 0.717) is 19.4 Å². The van der Waals surface area contributed by atoms with Gasteiger partial charge in [-0.2, -0.15) is 0 Å². The first kappa shape index (κ1) is 17.3. The maximum atomic E-state index is 12.3. The number of rotatable bonds is 7. The van der Waals surface area contributed by atoms with Gasteiger partial charge >= 0.3 is 0 Å². The van der Waals surface area contributed by atoms with Crippen LogP contribution in [-0.4, -0.2) is 15.0 Å². The van der Waals surface area contributed by atoms with Gasteiger partial charge in [0, 0.05) is 13.0 Å². The summed E-state index contributed by atoms with van der Waals surface area (Å²) in [6.07, 6.45) is 6.70. The summed E-state index contributed by atoms with van der Waals surface area (Å²) >= 11 is 0. The molecule has 0 fully saturated rings. The van der Waals surface area contributed by atoms with Gasteiger partial charge in [0.25, 0.3) is 0 Å². The quantitative estimate of drug-likeness (QED) is 0.792. The monoisotopic (exact) mass is 327 g/mol. The van der Waals surface area contributed by atoms with Gasteiger partial charge in [0.2, 0.25) is 10.0 Å². The van der Waals surface area contributed by atoms with E-state index in [1.54, 1.807) is 24.3 Å². The Morgan fingerprint density at radius 3 is 2.35 bits per heavy atom. The molecule has 0 saturated carbocycles. The van der Waals surface area contributed by atoms with Crippen molar-refractivity contribution >= 4 is 10.0 Å². The molecule has 2 aromatic carbocycles. The molecular formula is C19H21NO2S. The maximum Gasteiger partial charge on any atom is 0.240 e. The second kappa shape index (κ2) is 7.96. The average molecular weight is 327 g/mol. The molecule has 0 aromatic heterocycles. The number of terminal acetylenes is 1. The highest BCUT2D eigenvalue weighted by Crippen LogP contribution is 2.22. The highest BCUT2D eigenvalue weighted by Gasteiger charge is 2.15. The lowest BCUT2D eigenvalue weighted by molar-refractivity contribution is 0.568. The van der Waals surface area contributed by atoms with Crippen LogP contribution in [0.2, 0.25) is 0 Å². The molecule has 1 atom stereocenters. The van der Waals surface area contributed by atoms with Crippen molar-refractivity contribution in [2.75, 3.05) is 6.54 Å². The van der Waals surface area contributed by atoms with Crippen LogP contribution in [0.1, 0.15) is 29.9 Å². The second-order valence-corrected chi connectivity index (χ2v) is 7.28. The van der Waals surface area contributed by atoms with Crippen molar-refractivity contribution in [3.63, 3.8) is 0 Å². The molecule has 0 bridgehead atoms. The molecular weight excluding hydrogens is 306 g/mol. The van der Waals surface area contributed by atoms with Crippen molar-refractivity contribution in [3.8, 4) is 12.3 Å². The Bertz CT molecular complexity index is 759. The van der Waals surface area contributed by atoms with E-state index in [0.717, 1.165) is 11.1 Å². The van der Waals surface area contributed by atoms with Gasteiger partial charge in [0.1, 0.15) is 0 Å². The van der Waals surface area contributed by atoms with Crippen LogP contribution in [0.15, 0.2) is 59.5 Å². The number of hydrogen-bond donors (Lipinski definition) is 1. The van der Waals surface area contributed by atoms with Crippen LogP contribution in [0.5, 0.6) is 0 Å². The third-order valence-electron chi connectivity index (χ3n) is 3.75. The van der Waals surface area contributed by atoms with Gasteiger partial charge < -0.3 is 0 Å². The van der Waals surface area contributed by atoms with Gasteiger partial charge in [-0.15, -0.1) is 12.3 Å². The summed E-state index contributed by atoms with van der Waals surface area (Å²) in [5.41, 5.74) is 2.17. The Labute approximate surface area is 138 Å². The Balaban J connectivity index is 1.99. The molecule has 0 spiro atoms. The molecule has 0 amide bonds. The third kappa shape index (κ3) is 4.95. The van der Waals surface area contributed by atoms with E-state index in [-0.39, 0.29) is 10.8 Å². The fraction of sp³-hybridized carbons (Fsp3) is 0.263. The topological polar surface area (TPSA) is 46.2 Å². The highest BCUT2D eigenvalue weighted by atomic mass is 32.2. The van der Waals surface area contributed by atoms with Crippen LogP contribution in [0, 0.1) is 19.3 Å². The van der Waals surface area contributed by atoms with E-state index in [1.807, 2.05) is 37.3 Å². The maximum absolute atomic E-state index is 12.3. The lowest BCUT2D eigenvalue weighted by atomic mass is 9.93. The Morgan fingerprint density at radius 1 is 1.09 bits per heavy atom. The van der Waals surface area contributed by atoms with Crippen molar-refractivity contribution in [1.82, 2.24) is 4.72 Å². The SMILES string of the molecule is C#CCC(CCNS(=O)(=O)c1ccc(C)cc1)c1ccccc1. The molecule has 0 aliphatic carbocycles. The molecule has 2 rings (SSSR count).